The fourth-order valence-electron chi connectivity index (χ4n) is 2.39. The maximum Gasteiger partial charge on any atom is 0.331 e. The Balaban J connectivity index is 2.75. The van der Waals surface area contributed by atoms with Crippen molar-refractivity contribution in [2.45, 2.75) is 39.5 Å². The molecule has 0 saturated heterocycles. The van der Waals surface area contributed by atoms with Crippen molar-refractivity contribution in [1.82, 2.24) is 0 Å². The number of aliphatic hydroxyl groups excluding tert-OH is 1. The highest BCUT2D eigenvalue weighted by Gasteiger charge is 2.14. The first-order valence-corrected chi connectivity index (χ1v) is 8.67. The van der Waals surface area contributed by atoms with Crippen LogP contribution in [0.5, 0.6) is 11.5 Å². The highest BCUT2D eigenvalue weighted by molar-refractivity contribution is 6.10. The third kappa shape index (κ3) is 7.92. The van der Waals surface area contributed by atoms with E-state index >= 15 is 0 Å². The monoisotopic (exact) mass is 374 g/mol. The maximum absolute atomic E-state index is 12.2. The van der Waals surface area contributed by atoms with Crippen molar-refractivity contribution >= 4 is 11.8 Å². The second-order valence-corrected chi connectivity index (χ2v) is 6.38. The van der Waals surface area contributed by atoms with Gasteiger partial charge in [0.25, 0.3) is 0 Å². The van der Waals surface area contributed by atoms with Crippen LogP contribution in [0, 0.1) is 0 Å². The van der Waals surface area contributed by atoms with E-state index in [1.807, 2.05) is 26.0 Å². The SMILES string of the molecule is C/C(=C\CC/C(C)=C/CC/C(=C/C(=O)c1cc(O)ccc1O)C(=O)O)CO. The van der Waals surface area contributed by atoms with Gasteiger partial charge >= 0.3 is 5.97 Å². The molecule has 146 valence electrons. The summed E-state index contributed by atoms with van der Waals surface area (Å²) in [6, 6.07) is 3.51. The second kappa shape index (κ2) is 11.0. The molecule has 0 spiro atoms. The van der Waals surface area contributed by atoms with Crippen LogP contribution in [0.2, 0.25) is 0 Å². The summed E-state index contributed by atoms with van der Waals surface area (Å²) in [7, 11) is 0. The van der Waals surface area contributed by atoms with Gasteiger partial charge in [-0.15, -0.1) is 0 Å². The molecule has 0 unspecified atom stereocenters. The molecule has 1 aromatic rings. The zero-order chi connectivity index (χ0) is 20.4. The number of hydrogen-bond acceptors (Lipinski definition) is 5. The first-order valence-electron chi connectivity index (χ1n) is 8.67. The van der Waals surface area contributed by atoms with Crippen LogP contribution in [-0.4, -0.2) is 38.8 Å². The van der Waals surface area contributed by atoms with E-state index in [0.717, 1.165) is 36.1 Å². The zero-order valence-corrected chi connectivity index (χ0v) is 15.6. The molecule has 0 saturated carbocycles. The second-order valence-electron chi connectivity index (χ2n) is 6.38. The molecule has 27 heavy (non-hydrogen) atoms. The molecule has 4 N–H and O–H groups in total. The molecule has 0 aliphatic heterocycles. The fourth-order valence-corrected chi connectivity index (χ4v) is 2.39. The number of hydrogen-bond donors (Lipinski definition) is 4. The van der Waals surface area contributed by atoms with Gasteiger partial charge in [0.15, 0.2) is 5.78 Å². The van der Waals surface area contributed by atoms with Crippen molar-refractivity contribution in [2.75, 3.05) is 6.61 Å². The molecule has 0 atom stereocenters. The largest absolute Gasteiger partial charge is 0.508 e. The third-order valence-corrected chi connectivity index (χ3v) is 4.01. The Bertz CT molecular complexity index is 771. The van der Waals surface area contributed by atoms with Gasteiger partial charge in [-0.3, -0.25) is 4.79 Å². The van der Waals surface area contributed by atoms with Gasteiger partial charge < -0.3 is 20.4 Å². The quantitative estimate of drug-likeness (QED) is 0.215. The Morgan fingerprint density at radius 3 is 2.26 bits per heavy atom. The number of carbonyl (C=O) groups is 2. The molecule has 1 rings (SSSR count). The van der Waals surface area contributed by atoms with E-state index in [2.05, 4.69) is 0 Å². The topological polar surface area (TPSA) is 115 Å². The van der Waals surface area contributed by atoms with Crippen molar-refractivity contribution in [2.24, 2.45) is 0 Å². The molecule has 0 aliphatic rings. The molecule has 0 bridgehead atoms. The number of ketones is 1. The van der Waals surface area contributed by atoms with Crippen molar-refractivity contribution in [3.05, 3.63) is 58.7 Å². The number of carbonyl (C=O) groups excluding carboxylic acids is 1. The molecule has 1 aromatic carbocycles. The molecular weight excluding hydrogens is 348 g/mol. The fraction of sp³-hybridized carbons (Fsp3) is 0.333. The van der Waals surface area contributed by atoms with Crippen LogP contribution in [0.1, 0.15) is 49.9 Å². The van der Waals surface area contributed by atoms with Gasteiger partial charge in [0.05, 0.1) is 12.2 Å². The van der Waals surface area contributed by atoms with Gasteiger partial charge in [0, 0.05) is 5.57 Å². The van der Waals surface area contributed by atoms with Crippen LogP contribution in [0.25, 0.3) is 0 Å². The van der Waals surface area contributed by atoms with Gasteiger partial charge in [-0.1, -0.05) is 23.3 Å². The highest BCUT2D eigenvalue weighted by atomic mass is 16.4. The van der Waals surface area contributed by atoms with Gasteiger partial charge in [-0.2, -0.15) is 0 Å². The van der Waals surface area contributed by atoms with E-state index in [1.54, 1.807) is 0 Å². The van der Waals surface area contributed by atoms with Crippen LogP contribution in [0.4, 0.5) is 0 Å². The van der Waals surface area contributed by atoms with Crippen molar-refractivity contribution < 1.29 is 30.0 Å². The lowest BCUT2D eigenvalue weighted by Crippen LogP contribution is -2.05. The number of carboxylic acids is 1. The summed E-state index contributed by atoms with van der Waals surface area (Å²) in [6.07, 6.45) is 7.10. The van der Waals surface area contributed by atoms with Crippen molar-refractivity contribution in [3.8, 4) is 11.5 Å². The van der Waals surface area contributed by atoms with E-state index in [0.29, 0.717) is 6.42 Å². The average molecular weight is 374 g/mol. The summed E-state index contributed by atoms with van der Waals surface area (Å²) in [5.41, 5.74) is 1.79. The van der Waals surface area contributed by atoms with Crippen LogP contribution < -0.4 is 0 Å². The zero-order valence-electron chi connectivity index (χ0n) is 15.6. The number of rotatable bonds is 10. The standard InChI is InChI=1S/C21H26O6/c1-14(5-3-7-15(2)13-22)6-4-8-16(21(26)27)11-20(25)18-12-17(23)9-10-19(18)24/h6-7,9-12,22-24H,3-5,8,13H2,1-2H3,(H,26,27)/b14-6+,15-7+,16-11-. The minimum Gasteiger partial charge on any atom is -0.508 e. The summed E-state index contributed by atoms with van der Waals surface area (Å²) in [4.78, 5) is 23.6. The summed E-state index contributed by atoms with van der Waals surface area (Å²) < 4.78 is 0. The minimum atomic E-state index is -1.20. The number of phenols is 2. The summed E-state index contributed by atoms with van der Waals surface area (Å²) in [5.74, 6) is -2.38. The maximum atomic E-state index is 12.2. The van der Waals surface area contributed by atoms with E-state index < -0.39 is 11.8 Å². The Hall–Kier alpha value is -2.86. The summed E-state index contributed by atoms with van der Waals surface area (Å²) in [5, 5.41) is 37.4. The minimum absolute atomic E-state index is 0.0400. The van der Waals surface area contributed by atoms with E-state index in [9.17, 15) is 24.9 Å². The summed E-state index contributed by atoms with van der Waals surface area (Å²) >= 11 is 0. The Morgan fingerprint density at radius 2 is 1.63 bits per heavy atom. The molecule has 0 radical (unpaired) electrons. The first kappa shape index (κ1) is 22.2. The molecule has 6 nitrogen and oxygen atoms in total. The number of aliphatic hydroxyl groups is 1. The Labute approximate surface area is 158 Å². The molecule has 0 aromatic heterocycles. The van der Waals surface area contributed by atoms with Crippen LogP contribution in [-0.2, 0) is 4.79 Å². The van der Waals surface area contributed by atoms with Gasteiger partial charge in [0.1, 0.15) is 11.5 Å². The van der Waals surface area contributed by atoms with Crippen LogP contribution in [0.15, 0.2) is 53.1 Å². The summed E-state index contributed by atoms with van der Waals surface area (Å²) in [6.45, 7) is 3.84. The Morgan fingerprint density at radius 1 is 1.00 bits per heavy atom. The highest BCUT2D eigenvalue weighted by Crippen LogP contribution is 2.23. The normalized spacial score (nSPS) is 12.9. The molecule has 6 heteroatoms. The lowest BCUT2D eigenvalue weighted by molar-refractivity contribution is -0.132. The smallest absolute Gasteiger partial charge is 0.331 e. The average Bonchev–Trinajstić information content (AvgIpc) is 2.62. The number of aromatic hydroxyl groups is 2. The van der Waals surface area contributed by atoms with Gasteiger partial charge in [-0.25, -0.2) is 4.79 Å². The predicted octanol–water partition coefficient (Wildman–Crippen LogP) is 3.74. The van der Waals surface area contributed by atoms with Crippen molar-refractivity contribution in [1.29, 1.82) is 0 Å². The van der Waals surface area contributed by atoms with Gasteiger partial charge in [0.2, 0.25) is 0 Å². The van der Waals surface area contributed by atoms with E-state index in [1.165, 1.54) is 12.1 Å². The van der Waals surface area contributed by atoms with Crippen molar-refractivity contribution in [3.63, 3.8) is 0 Å². The number of carboxylic acid groups (broad SMARTS) is 1. The molecule has 0 amide bonds. The predicted molar refractivity (Wildman–Crippen MR) is 103 cm³/mol. The molecule has 0 fully saturated rings. The number of phenolic OH excluding ortho intramolecular Hbond substituents is 2. The lowest BCUT2D eigenvalue weighted by Gasteiger charge is -2.04. The number of aliphatic carboxylic acids is 1. The van der Waals surface area contributed by atoms with Crippen LogP contribution in [0.3, 0.4) is 0 Å². The number of benzene rings is 1. The Kier molecular flexibility index (Phi) is 9.02. The first-order chi connectivity index (χ1) is 12.7. The van der Waals surface area contributed by atoms with E-state index in [-0.39, 0.29) is 35.7 Å². The molecular formula is C21H26O6. The van der Waals surface area contributed by atoms with E-state index in [4.69, 9.17) is 5.11 Å². The molecule has 0 aliphatic carbocycles. The third-order valence-electron chi connectivity index (χ3n) is 4.01. The van der Waals surface area contributed by atoms with Gasteiger partial charge in [-0.05, 0) is 63.8 Å². The molecule has 0 heterocycles. The lowest BCUT2D eigenvalue weighted by atomic mass is 10.0. The number of allylic oxidation sites excluding steroid dienone is 4. The van der Waals surface area contributed by atoms with Crippen LogP contribution >= 0.6 is 0 Å².